The summed E-state index contributed by atoms with van der Waals surface area (Å²) in [5.41, 5.74) is 2.07. The SMILES string of the molecule is Cc1ccc(NC(=S)N(C)Cc2cccc(Cl)c2Cl)cc1F. The lowest BCUT2D eigenvalue weighted by Gasteiger charge is -2.22. The van der Waals surface area contributed by atoms with E-state index in [1.165, 1.54) is 6.07 Å². The van der Waals surface area contributed by atoms with Gasteiger partial charge in [-0.2, -0.15) is 0 Å². The van der Waals surface area contributed by atoms with Crippen LogP contribution in [0.3, 0.4) is 0 Å². The fourth-order valence-corrected chi connectivity index (χ4v) is 2.45. The number of hydrogen-bond donors (Lipinski definition) is 1. The largest absolute Gasteiger partial charge is 0.348 e. The number of halogens is 3. The van der Waals surface area contributed by atoms with Crippen molar-refractivity contribution in [1.82, 2.24) is 4.90 Å². The number of aryl methyl sites for hydroxylation is 1. The van der Waals surface area contributed by atoms with E-state index in [1.54, 1.807) is 25.1 Å². The summed E-state index contributed by atoms with van der Waals surface area (Å²) in [7, 11) is 1.83. The van der Waals surface area contributed by atoms with Gasteiger partial charge in [-0.3, -0.25) is 0 Å². The zero-order valence-electron chi connectivity index (χ0n) is 12.2. The molecule has 2 aromatic carbocycles. The summed E-state index contributed by atoms with van der Waals surface area (Å²) in [5, 5.41) is 4.50. The van der Waals surface area contributed by atoms with Crippen molar-refractivity contribution in [3.63, 3.8) is 0 Å². The molecule has 0 unspecified atom stereocenters. The smallest absolute Gasteiger partial charge is 0.173 e. The first-order valence-electron chi connectivity index (χ1n) is 6.59. The van der Waals surface area contributed by atoms with Crippen LogP contribution in [0.15, 0.2) is 36.4 Å². The van der Waals surface area contributed by atoms with Crippen LogP contribution >= 0.6 is 35.4 Å². The van der Waals surface area contributed by atoms with Gasteiger partial charge in [-0.05, 0) is 48.5 Å². The minimum Gasteiger partial charge on any atom is -0.348 e. The molecule has 0 heterocycles. The number of nitrogens with one attached hydrogen (secondary N) is 1. The van der Waals surface area contributed by atoms with Crippen molar-refractivity contribution in [2.24, 2.45) is 0 Å². The normalized spacial score (nSPS) is 10.4. The first kappa shape index (κ1) is 17.0. The maximum absolute atomic E-state index is 13.5. The molecular formula is C16H15Cl2FN2S. The van der Waals surface area contributed by atoms with Gasteiger partial charge in [0.25, 0.3) is 0 Å². The molecule has 0 amide bonds. The van der Waals surface area contributed by atoms with Crippen LogP contribution in [0, 0.1) is 12.7 Å². The van der Waals surface area contributed by atoms with E-state index in [1.807, 2.05) is 24.1 Å². The van der Waals surface area contributed by atoms with Gasteiger partial charge >= 0.3 is 0 Å². The quantitative estimate of drug-likeness (QED) is 0.754. The van der Waals surface area contributed by atoms with E-state index < -0.39 is 0 Å². The average Bonchev–Trinajstić information content (AvgIpc) is 2.47. The third-order valence-electron chi connectivity index (χ3n) is 3.21. The maximum atomic E-state index is 13.5. The second-order valence-corrected chi connectivity index (χ2v) is 6.13. The Morgan fingerprint density at radius 2 is 2.00 bits per heavy atom. The molecule has 1 N–H and O–H groups in total. The van der Waals surface area contributed by atoms with Crippen molar-refractivity contribution in [3.8, 4) is 0 Å². The Morgan fingerprint density at radius 1 is 1.27 bits per heavy atom. The Morgan fingerprint density at radius 3 is 2.68 bits per heavy atom. The number of anilines is 1. The fraction of sp³-hybridized carbons (Fsp3) is 0.188. The molecule has 0 atom stereocenters. The summed E-state index contributed by atoms with van der Waals surface area (Å²) >= 11 is 17.5. The first-order chi connectivity index (χ1) is 10.4. The minimum atomic E-state index is -0.270. The van der Waals surface area contributed by atoms with Crippen molar-refractivity contribution in [2.75, 3.05) is 12.4 Å². The van der Waals surface area contributed by atoms with Crippen LogP contribution in [0.25, 0.3) is 0 Å². The molecule has 0 aliphatic carbocycles. The van der Waals surface area contributed by atoms with Gasteiger partial charge < -0.3 is 10.2 Å². The van der Waals surface area contributed by atoms with Gasteiger partial charge in [-0.15, -0.1) is 0 Å². The molecule has 2 aromatic rings. The van der Waals surface area contributed by atoms with Crippen molar-refractivity contribution in [2.45, 2.75) is 13.5 Å². The fourth-order valence-electron chi connectivity index (χ4n) is 1.89. The lowest BCUT2D eigenvalue weighted by molar-refractivity contribution is 0.508. The summed E-state index contributed by atoms with van der Waals surface area (Å²) < 4.78 is 13.5. The molecule has 0 bridgehead atoms. The van der Waals surface area contributed by atoms with Crippen LogP contribution in [0.2, 0.25) is 10.0 Å². The molecule has 2 rings (SSSR count). The molecule has 0 aliphatic heterocycles. The third-order valence-corrected chi connectivity index (χ3v) is 4.48. The molecule has 0 aromatic heterocycles. The average molecular weight is 357 g/mol. The summed E-state index contributed by atoms with van der Waals surface area (Å²) in [5.74, 6) is -0.270. The third kappa shape index (κ3) is 4.09. The molecular weight excluding hydrogens is 342 g/mol. The zero-order chi connectivity index (χ0) is 16.3. The predicted octanol–water partition coefficient (Wildman–Crippen LogP) is 5.27. The van der Waals surface area contributed by atoms with E-state index >= 15 is 0 Å². The van der Waals surface area contributed by atoms with Gasteiger partial charge in [0.2, 0.25) is 0 Å². The number of benzene rings is 2. The number of rotatable bonds is 3. The van der Waals surface area contributed by atoms with Crippen molar-refractivity contribution < 1.29 is 4.39 Å². The highest BCUT2D eigenvalue weighted by Crippen LogP contribution is 2.26. The topological polar surface area (TPSA) is 15.3 Å². The van der Waals surface area contributed by atoms with Gasteiger partial charge in [0.1, 0.15) is 5.82 Å². The van der Waals surface area contributed by atoms with Crippen molar-refractivity contribution >= 4 is 46.2 Å². The van der Waals surface area contributed by atoms with E-state index in [2.05, 4.69) is 5.32 Å². The van der Waals surface area contributed by atoms with Gasteiger partial charge in [-0.25, -0.2) is 4.39 Å². The van der Waals surface area contributed by atoms with E-state index in [4.69, 9.17) is 35.4 Å². The molecule has 0 saturated carbocycles. The Hall–Kier alpha value is -1.36. The lowest BCUT2D eigenvalue weighted by Crippen LogP contribution is -2.30. The van der Waals surface area contributed by atoms with E-state index in [-0.39, 0.29) is 5.82 Å². The van der Waals surface area contributed by atoms with Crippen LogP contribution < -0.4 is 5.32 Å². The maximum Gasteiger partial charge on any atom is 0.173 e. The summed E-state index contributed by atoms with van der Waals surface area (Å²) in [6.07, 6.45) is 0. The second-order valence-electron chi connectivity index (χ2n) is 4.96. The van der Waals surface area contributed by atoms with E-state index in [0.717, 1.165) is 5.56 Å². The number of hydrogen-bond acceptors (Lipinski definition) is 1. The lowest BCUT2D eigenvalue weighted by atomic mass is 10.2. The molecule has 0 saturated heterocycles. The minimum absolute atomic E-state index is 0.270. The highest BCUT2D eigenvalue weighted by molar-refractivity contribution is 7.80. The second kappa shape index (κ2) is 7.27. The highest BCUT2D eigenvalue weighted by atomic mass is 35.5. The zero-order valence-corrected chi connectivity index (χ0v) is 14.5. The Bertz CT molecular complexity index is 707. The summed E-state index contributed by atoms with van der Waals surface area (Å²) in [4.78, 5) is 1.81. The molecule has 0 radical (unpaired) electrons. The van der Waals surface area contributed by atoms with E-state index in [9.17, 15) is 4.39 Å². The standard InChI is InChI=1S/C16H15Cl2FN2S/c1-10-6-7-12(8-14(10)19)20-16(22)21(2)9-11-4-3-5-13(17)15(11)18/h3-8H,9H2,1-2H3,(H,20,22). The Balaban J connectivity index is 2.06. The monoisotopic (exact) mass is 356 g/mol. The van der Waals surface area contributed by atoms with Gasteiger partial charge in [-0.1, -0.05) is 41.4 Å². The van der Waals surface area contributed by atoms with Crippen LogP contribution in [0.5, 0.6) is 0 Å². The number of nitrogens with zero attached hydrogens (tertiary/aromatic N) is 1. The Labute approximate surface area is 144 Å². The molecule has 116 valence electrons. The van der Waals surface area contributed by atoms with Crippen LogP contribution in [-0.2, 0) is 6.54 Å². The van der Waals surface area contributed by atoms with Gasteiger partial charge in [0.05, 0.1) is 10.0 Å². The van der Waals surface area contributed by atoms with Crippen LogP contribution in [-0.4, -0.2) is 17.1 Å². The molecule has 6 heteroatoms. The first-order valence-corrected chi connectivity index (χ1v) is 7.76. The molecule has 2 nitrogen and oxygen atoms in total. The molecule has 22 heavy (non-hydrogen) atoms. The van der Waals surface area contributed by atoms with Crippen LogP contribution in [0.1, 0.15) is 11.1 Å². The van der Waals surface area contributed by atoms with E-state index in [0.29, 0.717) is 33.0 Å². The van der Waals surface area contributed by atoms with Crippen LogP contribution in [0.4, 0.5) is 10.1 Å². The predicted molar refractivity (Wildman–Crippen MR) is 95.3 cm³/mol. The van der Waals surface area contributed by atoms with Gasteiger partial charge in [0.15, 0.2) is 5.11 Å². The van der Waals surface area contributed by atoms with Crippen molar-refractivity contribution in [1.29, 1.82) is 0 Å². The molecule has 0 spiro atoms. The van der Waals surface area contributed by atoms with Crippen molar-refractivity contribution in [3.05, 3.63) is 63.4 Å². The molecule has 0 fully saturated rings. The van der Waals surface area contributed by atoms with Gasteiger partial charge in [0, 0.05) is 19.3 Å². The highest BCUT2D eigenvalue weighted by Gasteiger charge is 2.10. The Kier molecular flexibility index (Phi) is 5.62. The molecule has 0 aliphatic rings. The summed E-state index contributed by atoms with van der Waals surface area (Å²) in [6, 6.07) is 10.4. The summed E-state index contributed by atoms with van der Waals surface area (Å²) in [6.45, 7) is 2.21. The number of thiocarbonyl (C=S) groups is 1.